The normalized spacial score (nSPS) is 10.4. The van der Waals surface area contributed by atoms with Crippen molar-refractivity contribution in [2.24, 2.45) is 4.99 Å². The van der Waals surface area contributed by atoms with E-state index < -0.39 is 0 Å². The number of benzene rings is 2. The van der Waals surface area contributed by atoms with Gasteiger partial charge in [-0.15, -0.1) is 30.4 Å². The van der Waals surface area contributed by atoms with Gasteiger partial charge in [-0.1, -0.05) is 18.1 Å². The number of guanidine groups is 1. The summed E-state index contributed by atoms with van der Waals surface area (Å²) in [7, 11) is 1.64. The quantitative estimate of drug-likeness (QED) is 0.127. The van der Waals surface area contributed by atoms with Crippen LogP contribution in [-0.4, -0.2) is 45.2 Å². The van der Waals surface area contributed by atoms with E-state index in [1.165, 1.54) is 5.56 Å². The largest absolute Gasteiger partial charge is 0.493 e. The van der Waals surface area contributed by atoms with Crippen LogP contribution in [0.2, 0.25) is 0 Å². The zero-order valence-electron chi connectivity index (χ0n) is 19.4. The second kappa shape index (κ2) is 15.8. The molecule has 0 aliphatic carbocycles. The van der Waals surface area contributed by atoms with Crippen molar-refractivity contribution in [1.29, 1.82) is 0 Å². The molecule has 7 nitrogen and oxygen atoms in total. The van der Waals surface area contributed by atoms with Crippen LogP contribution in [0.3, 0.4) is 0 Å². The molecule has 2 rings (SSSR count). The van der Waals surface area contributed by atoms with Gasteiger partial charge >= 0.3 is 0 Å². The van der Waals surface area contributed by atoms with Crippen LogP contribution in [0.1, 0.15) is 31.4 Å². The number of carbonyl (C=O) groups excluding carboxylic acids is 1. The van der Waals surface area contributed by atoms with Crippen LogP contribution in [0, 0.1) is 12.3 Å². The van der Waals surface area contributed by atoms with E-state index in [0.29, 0.717) is 36.9 Å². The second-order valence-corrected chi connectivity index (χ2v) is 6.92. The van der Waals surface area contributed by atoms with Crippen molar-refractivity contribution in [1.82, 2.24) is 10.6 Å². The van der Waals surface area contributed by atoms with E-state index in [2.05, 4.69) is 26.9 Å². The molecule has 0 aromatic heterocycles. The maximum Gasteiger partial charge on any atom is 0.246 e. The van der Waals surface area contributed by atoms with E-state index in [0.717, 1.165) is 24.3 Å². The fraction of sp³-hybridized carbons (Fsp3) is 0.360. The number of hydrogen-bond donors (Lipinski definition) is 3. The molecule has 2 aromatic carbocycles. The number of aliphatic imine (C=N–C) groups is 1. The molecule has 0 aliphatic rings. The van der Waals surface area contributed by atoms with E-state index in [1.807, 2.05) is 38.1 Å². The summed E-state index contributed by atoms with van der Waals surface area (Å²) in [4.78, 5) is 16.6. The third-order valence-electron chi connectivity index (χ3n) is 4.50. The molecule has 0 heterocycles. The Morgan fingerprint density at radius 1 is 1.12 bits per heavy atom. The minimum atomic E-state index is -0.210. The second-order valence-electron chi connectivity index (χ2n) is 6.92. The highest BCUT2D eigenvalue weighted by molar-refractivity contribution is 14.0. The highest BCUT2D eigenvalue weighted by atomic mass is 127. The highest BCUT2D eigenvalue weighted by Gasteiger charge is 2.06. The number of methoxy groups -OCH3 is 1. The third kappa shape index (κ3) is 10.0. The number of carbonyl (C=O) groups is 1. The van der Waals surface area contributed by atoms with Gasteiger partial charge in [0.05, 0.1) is 13.7 Å². The van der Waals surface area contributed by atoms with Crippen molar-refractivity contribution in [3.63, 3.8) is 0 Å². The predicted octanol–water partition coefficient (Wildman–Crippen LogP) is 3.82. The molecule has 33 heavy (non-hydrogen) atoms. The molecule has 0 fully saturated rings. The lowest BCUT2D eigenvalue weighted by Crippen LogP contribution is -2.38. The van der Waals surface area contributed by atoms with Gasteiger partial charge < -0.3 is 25.4 Å². The Balaban J connectivity index is 0.00000544. The van der Waals surface area contributed by atoms with Gasteiger partial charge in [-0.3, -0.25) is 4.79 Å². The summed E-state index contributed by atoms with van der Waals surface area (Å²) in [6.45, 7) is 5.95. The molecule has 0 atom stereocenters. The number of aryl methyl sites for hydroxylation is 1. The van der Waals surface area contributed by atoms with Crippen molar-refractivity contribution in [3.8, 4) is 23.8 Å². The van der Waals surface area contributed by atoms with Crippen molar-refractivity contribution >= 4 is 41.5 Å². The molecule has 0 saturated heterocycles. The summed E-state index contributed by atoms with van der Waals surface area (Å²) < 4.78 is 11.0. The topological polar surface area (TPSA) is 84.0 Å². The monoisotopic (exact) mass is 564 g/mol. The van der Waals surface area contributed by atoms with Crippen LogP contribution >= 0.6 is 24.0 Å². The minimum absolute atomic E-state index is 0. The number of nitrogens with zero attached hydrogens (tertiary/aromatic N) is 1. The highest BCUT2D eigenvalue weighted by Crippen LogP contribution is 2.28. The number of halogens is 1. The molecule has 0 unspecified atom stereocenters. The summed E-state index contributed by atoms with van der Waals surface area (Å²) in [5.41, 5.74) is 2.54. The first-order valence-corrected chi connectivity index (χ1v) is 10.8. The van der Waals surface area contributed by atoms with E-state index in [4.69, 9.17) is 15.9 Å². The van der Waals surface area contributed by atoms with Crippen molar-refractivity contribution in [2.45, 2.75) is 26.7 Å². The Kier molecular flexibility index (Phi) is 13.5. The Labute approximate surface area is 213 Å². The van der Waals surface area contributed by atoms with Crippen LogP contribution < -0.4 is 25.4 Å². The fourth-order valence-electron chi connectivity index (χ4n) is 3.02. The molecule has 2 aromatic rings. The van der Waals surface area contributed by atoms with Crippen molar-refractivity contribution < 1.29 is 14.3 Å². The number of terminal acetylenes is 1. The number of hydrogen-bond acceptors (Lipinski definition) is 4. The van der Waals surface area contributed by atoms with Gasteiger partial charge in [0, 0.05) is 24.3 Å². The summed E-state index contributed by atoms with van der Waals surface area (Å²) in [6.07, 6.45) is 7.17. The van der Waals surface area contributed by atoms with Gasteiger partial charge in [-0.05, 0) is 62.6 Å². The first-order chi connectivity index (χ1) is 15.6. The Morgan fingerprint density at radius 2 is 1.94 bits per heavy atom. The van der Waals surface area contributed by atoms with E-state index in [1.54, 1.807) is 25.3 Å². The Morgan fingerprint density at radius 3 is 2.64 bits per heavy atom. The lowest BCUT2D eigenvalue weighted by molar-refractivity contribution is -0.114. The molecule has 8 heteroatoms. The summed E-state index contributed by atoms with van der Waals surface area (Å²) in [5, 5.41) is 9.23. The summed E-state index contributed by atoms with van der Waals surface area (Å²) in [6, 6.07) is 13.1. The molecule has 0 bridgehead atoms. The van der Waals surface area contributed by atoms with Crippen LogP contribution in [-0.2, 0) is 11.2 Å². The van der Waals surface area contributed by atoms with Crippen LogP contribution in [0.5, 0.6) is 11.5 Å². The summed E-state index contributed by atoms with van der Waals surface area (Å²) >= 11 is 0. The molecule has 1 amide bonds. The number of nitrogens with one attached hydrogen (secondary N) is 3. The average Bonchev–Trinajstić information content (AvgIpc) is 2.80. The van der Waals surface area contributed by atoms with E-state index in [9.17, 15) is 4.79 Å². The van der Waals surface area contributed by atoms with Gasteiger partial charge in [0.25, 0.3) is 0 Å². The standard InChI is InChI=1S/C25H32N4O3.HI/c1-5-19-10-8-12-21(16-19)29-24(30)18-28-25(26-6-2)27-15-9-11-20-13-14-22(31-4)23(17-20)32-7-3;/h1,8,10,12-14,16-17H,6-7,9,11,15,18H2,2-4H3,(H,29,30)(H2,26,27,28);1H. The number of rotatable bonds is 11. The van der Waals surface area contributed by atoms with Crippen LogP contribution in [0.15, 0.2) is 47.5 Å². The molecule has 0 aliphatic heterocycles. The maximum absolute atomic E-state index is 12.2. The van der Waals surface area contributed by atoms with Crippen LogP contribution in [0.4, 0.5) is 5.69 Å². The lowest BCUT2D eigenvalue weighted by Gasteiger charge is -2.13. The van der Waals surface area contributed by atoms with E-state index in [-0.39, 0.29) is 36.4 Å². The van der Waals surface area contributed by atoms with Gasteiger partial charge in [0.1, 0.15) is 6.54 Å². The first-order valence-electron chi connectivity index (χ1n) is 10.8. The summed E-state index contributed by atoms with van der Waals surface area (Å²) in [5.74, 6) is 4.44. The molecular formula is C25H33IN4O3. The van der Waals surface area contributed by atoms with E-state index >= 15 is 0 Å². The van der Waals surface area contributed by atoms with Crippen molar-refractivity contribution in [3.05, 3.63) is 53.6 Å². The molecule has 0 radical (unpaired) electrons. The molecule has 3 N–H and O–H groups in total. The zero-order chi connectivity index (χ0) is 23.2. The predicted molar refractivity (Wildman–Crippen MR) is 145 cm³/mol. The smallest absolute Gasteiger partial charge is 0.246 e. The first kappa shape index (κ1) is 28.1. The number of amides is 1. The van der Waals surface area contributed by atoms with Gasteiger partial charge in [0.15, 0.2) is 17.5 Å². The minimum Gasteiger partial charge on any atom is -0.493 e. The Hall–Kier alpha value is -2.93. The van der Waals surface area contributed by atoms with Crippen molar-refractivity contribution in [2.75, 3.05) is 38.7 Å². The SMILES string of the molecule is C#Cc1cccc(NC(=O)CN=C(NCC)NCCCc2ccc(OC)c(OCC)c2)c1.I. The molecular weight excluding hydrogens is 531 g/mol. The molecule has 0 spiro atoms. The third-order valence-corrected chi connectivity index (χ3v) is 4.50. The fourth-order valence-corrected chi connectivity index (χ4v) is 3.02. The van der Waals surface area contributed by atoms with Crippen LogP contribution in [0.25, 0.3) is 0 Å². The maximum atomic E-state index is 12.2. The average molecular weight is 564 g/mol. The van der Waals surface area contributed by atoms with Gasteiger partial charge in [-0.25, -0.2) is 4.99 Å². The van der Waals surface area contributed by atoms with Gasteiger partial charge in [-0.2, -0.15) is 0 Å². The lowest BCUT2D eigenvalue weighted by atomic mass is 10.1. The Bertz CT molecular complexity index is 957. The number of ether oxygens (including phenoxy) is 2. The van der Waals surface area contributed by atoms with Gasteiger partial charge in [0.2, 0.25) is 5.91 Å². The molecule has 178 valence electrons. The number of anilines is 1. The zero-order valence-corrected chi connectivity index (χ0v) is 21.8. The molecule has 0 saturated carbocycles.